The molecule has 9 heteroatoms. The van der Waals surface area contributed by atoms with Crippen molar-refractivity contribution in [3.8, 4) is 0 Å². The topological polar surface area (TPSA) is 99.7 Å². The molecule has 2 aromatic carbocycles. The van der Waals surface area contributed by atoms with Gasteiger partial charge >= 0.3 is 0 Å². The first-order chi connectivity index (χ1) is 17.8. The highest BCUT2D eigenvalue weighted by molar-refractivity contribution is 7.89. The monoisotopic (exact) mass is 520 g/mol. The van der Waals surface area contributed by atoms with Crippen molar-refractivity contribution in [1.29, 1.82) is 0 Å². The predicted octanol–water partition coefficient (Wildman–Crippen LogP) is 4.47. The summed E-state index contributed by atoms with van der Waals surface area (Å²) < 4.78 is 27.7. The fourth-order valence-electron chi connectivity index (χ4n) is 5.14. The van der Waals surface area contributed by atoms with Gasteiger partial charge in [-0.25, -0.2) is 13.4 Å². The summed E-state index contributed by atoms with van der Waals surface area (Å²) in [5.41, 5.74) is 1.91. The van der Waals surface area contributed by atoms with Crippen LogP contribution in [-0.2, 0) is 14.8 Å². The molecule has 2 aliphatic rings. The van der Waals surface area contributed by atoms with Gasteiger partial charge in [-0.15, -0.1) is 0 Å². The number of fused-ring (bicyclic) bond motifs is 1. The van der Waals surface area contributed by atoms with E-state index in [4.69, 9.17) is 4.98 Å². The summed E-state index contributed by atoms with van der Waals surface area (Å²) in [5.74, 6) is 0.455. The Morgan fingerprint density at radius 3 is 2.54 bits per heavy atom. The van der Waals surface area contributed by atoms with Gasteiger partial charge in [0.15, 0.2) is 5.78 Å². The maximum Gasteiger partial charge on any atom is 0.243 e. The Morgan fingerprint density at radius 1 is 0.946 bits per heavy atom. The molecule has 5 rings (SSSR count). The van der Waals surface area contributed by atoms with Gasteiger partial charge in [-0.3, -0.25) is 9.59 Å². The standard InChI is InChI=1S/C28H32N4O4S/c1-20(33)21-7-5-9-24(17-21)29-28(34)23-8-6-14-31(19-23)27-13-10-22-18-25(11-12-26(22)30-27)37(35,36)32-15-3-2-4-16-32/h5,7,9-13,17-18,23H,2-4,6,8,14-16,19H2,1H3,(H,29,34)/t23-/m1/s1. The van der Waals surface area contributed by atoms with Crippen LogP contribution in [0.1, 0.15) is 49.4 Å². The second-order valence-corrected chi connectivity index (χ2v) is 11.8. The average Bonchev–Trinajstić information content (AvgIpc) is 2.93. The number of sulfonamides is 1. The number of benzene rings is 2. The van der Waals surface area contributed by atoms with Gasteiger partial charge in [0.1, 0.15) is 5.82 Å². The van der Waals surface area contributed by atoms with E-state index in [2.05, 4.69) is 10.2 Å². The number of amides is 1. The molecule has 194 valence electrons. The van der Waals surface area contributed by atoms with E-state index in [1.165, 1.54) is 6.92 Å². The average molecular weight is 521 g/mol. The maximum atomic E-state index is 13.1. The molecular formula is C28H32N4O4S. The number of piperidine rings is 2. The Kier molecular flexibility index (Phi) is 7.26. The number of pyridine rings is 1. The fourth-order valence-corrected chi connectivity index (χ4v) is 6.70. The van der Waals surface area contributed by atoms with Crippen molar-refractivity contribution in [2.75, 3.05) is 36.4 Å². The zero-order valence-corrected chi connectivity index (χ0v) is 21.8. The Hall–Kier alpha value is -3.30. The van der Waals surface area contributed by atoms with Gasteiger partial charge in [0, 0.05) is 42.8 Å². The van der Waals surface area contributed by atoms with Crippen LogP contribution in [0.15, 0.2) is 59.5 Å². The van der Waals surface area contributed by atoms with Crippen LogP contribution in [0.2, 0.25) is 0 Å². The van der Waals surface area contributed by atoms with Gasteiger partial charge in [0.2, 0.25) is 15.9 Å². The molecule has 0 aliphatic carbocycles. The zero-order chi connectivity index (χ0) is 26.0. The third-order valence-electron chi connectivity index (χ3n) is 7.25. The molecule has 1 atom stereocenters. The van der Waals surface area contributed by atoms with Gasteiger partial charge in [0.05, 0.1) is 16.3 Å². The molecule has 0 saturated carbocycles. The van der Waals surface area contributed by atoms with E-state index < -0.39 is 10.0 Å². The summed E-state index contributed by atoms with van der Waals surface area (Å²) in [4.78, 5) is 31.9. The number of nitrogens with zero attached hydrogens (tertiary/aromatic N) is 3. The molecular weight excluding hydrogens is 488 g/mol. The molecule has 2 aliphatic heterocycles. The van der Waals surface area contributed by atoms with Crippen molar-refractivity contribution < 1.29 is 18.0 Å². The number of rotatable bonds is 6. The van der Waals surface area contributed by atoms with Crippen LogP contribution in [0, 0.1) is 5.92 Å². The molecule has 3 aromatic rings. The number of hydrogen-bond acceptors (Lipinski definition) is 6. The minimum atomic E-state index is -3.50. The number of hydrogen-bond donors (Lipinski definition) is 1. The first kappa shape index (κ1) is 25.4. The van der Waals surface area contributed by atoms with Crippen LogP contribution in [0.5, 0.6) is 0 Å². The van der Waals surface area contributed by atoms with Gasteiger partial charge in [-0.05, 0) is 75.1 Å². The molecule has 1 aromatic heterocycles. The molecule has 0 bridgehead atoms. The number of anilines is 2. The molecule has 2 saturated heterocycles. The predicted molar refractivity (Wildman–Crippen MR) is 144 cm³/mol. The van der Waals surface area contributed by atoms with Crippen LogP contribution < -0.4 is 10.2 Å². The Morgan fingerprint density at radius 2 is 1.76 bits per heavy atom. The Labute approximate surface area is 217 Å². The van der Waals surface area contributed by atoms with Crippen LogP contribution in [-0.4, -0.2) is 55.6 Å². The van der Waals surface area contributed by atoms with Crippen molar-refractivity contribution in [3.63, 3.8) is 0 Å². The van der Waals surface area contributed by atoms with Crippen LogP contribution in [0.3, 0.4) is 0 Å². The van der Waals surface area contributed by atoms with E-state index in [1.54, 1.807) is 46.8 Å². The van der Waals surface area contributed by atoms with E-state index in [9.17, 15) is 18.0 Å². The summed E-state index contributed by atoms with van der Waals surface area (Å²) in [7, 11) is -3.50. The summed E-state index contributed by atoms with van der Waals surface area (Å²) in [6, 6.07) is 15.9. The van der Waals surface area contributed by atoms with Gasteiger partial charge in [-0.1, -0.05) is 18.6 Å². The second-order valence-electron chi connectivity index (χ2n) is 9.90. The van der Waals surface area contributed by atoms with Crippen molar-refractivity contribution in [1.82, 2.24) is 9.29 Å². The van der Waals surface area contributed by atoms with Crippen molar-refractivity contribution in [2.24, 2.45) is 5.92 Å². The van der Waals surface area contributed by atoms with E-state index in [0.29, 0.717) is 35.8 Å². The fraction of sp³-hybridized carbons (Fsp3) is 0.393. The lowest BCUT2D eigenvalue weighted by atomic mass is 9.97. The number of carbonyl (C=O) groups is 2. The lowest BCUT2D eigenvalue weighted by molar-refractivity contribution is -0.120. The molecule has 2 fully saturated rings. The summed E-state index contributed by atoms with van der Waals surface area (Å²) in [6.45, 7) is 3.99. The Bertz CT molecular complexity index is 1430. The van der Waals surface area contributed by atoms with E-state index in [1.807, 2.05) is 12.1 Å². The summed E-state index contributed by atoms with van der Waals surface area (Å²) in [5, 5.41) is 3.73. The molecule has 0 spiro atoms. The first-order valence-corrected chi connectivity index (χ1v) is 14.3. The Balaban J connectivity index is 1.30. The number of ketones is 1. The van der Waals surface area contributed by atoms with Gasteiger partial charge < -0.3 is 10.2 Å². The highest BCUT2D eigenvalue weighted by atomic mass is 32.2. The zero-order valence-electron chi connectivity index (χ0n) is 21.0. The van der Waals surface area contributed by atoms with Crippen molar-refractivity contribution in [3.05, 3.63) is 60.2 Å². The minimum Gasteiger partial charge on any atom is -0.356 e. The highest BCUT2D eigenvalue weighted by Crippen LogP contribution is 2.28. The smallest absolute Gasteiger partial charge is 0.243 e. The molecule has 8 nitrogen and oxygen atoms in total. The van der Waals surface area contributed by atoms with E-state index >= 15 is 0 Å². The molecule has 0 radical (unpaired) electrons. The number of aromatic nitrogens is 1. The summed E-state index contributed by atoms with van der Waals surface area (Å²) >= 11 is 0. The highest BCUT2D eigenvalue weighted by Gasteiger charge is 2.28. The number of Topliss-reactive ketones (excluding diaryl/α,β-unsaturated/α-hetero) is 1. The molecule has 0 unspecified atom stereocenters. The SMILES string of the molecule is CC(=O)c1cccc(NC(=O)[C@@H]2CCCN(c3ccc4cc(S(=O)(=O)N5CCCCC5)ccc4n3)C2)c1. The minimum absolute atomic E-state index is 0.0430. The normalized spacial score (nSPS) is 19.1. The van der Waals surface area contributed by atoms with Gasteiger partial charge in [0.25, 0.3) is 0 Å². The summed E-state index contributed by atoms with van der Waals surface area (Å²) in [6.07, 6.45) is 4.51. The molecule has 3 heterocycles. The molecule has 1 N–H and O–H groups in total. The van der Waals surface area contributed by atoms with Crippen molar-refractivity contribution >= 4 is 44.1 Å². The number of nitrogens with one attached hydrogen (secondary N) is 1. The van der Waals surface area contributed by atoms with Crippen molar-refractivity contribution in [2.45, 2.75) is 43.9 Å². The maximum absolute atomic E-state index is 13.1. The quantitative estimate of drug-likeness (QED) is 0.482. The van der Waals surface area contributed by atoms with E-state index in [-0.39, 0.29) is 17.6 Å². The van der Waals surface area contributed by atoms with Crippen LogP contribution in [0.4, 0.5) is 11.5 Å². The second kappa shape index (κ2) is 10.6. The molecule has 1 amide bonds. The third kappa shape index (κ3) is 5.52. The largest absolute Gasteiger partial charge is 0.356 e. The number of carbonyl (C=O) groups excluding carboxylic acids is 2. The third-order valence-corrected chi connectivity index (χ3v) is 9.15. The van der Waals surface area contributed by atoms with E-state index in [0.717, 1.165) is 55.4 Å². The lowest BCUT2D eigenvalue weighted by Gasteiger charge is -2.33. The molecule has 37 heavy (non-hydrogen) atoms. The first-order valence-electron chi connectivity index (χ1n) is 12.9. The van der Waals surface area contributed by atoms with Gasteiger partial charge in [-0.2, -0.15) is 4.31 Å². The van der Waals surface area contributed by atoms with Crippen LogP contribution in [0.25, 0.3) is 10.9 Å². The lowest BCUT2D eigenvalue weighted by Crippen LogP contribution is -2.41. The van der Waals surface area contributed by atoms with Crippen LogP contribution >= 0.6 is 0 Å².